The van der Waals surface area contributed by atoms with E-state index in [1.165, 1.54) is 0 Å². The Morgan fingerprint density at radius 2 is 2.11 bits per heavy atom. The van der Waals surface area contributed by atoms with Crippen LogP contribution in [0.4, 0.5) is 5.82 Å². The number of piperidine rings is 2. The van der Waals surface area contributed by atoms with Gasteiger partial charge in [-0.25, -0.2) is 4.98 Å². The molecule has 0 aliphatic carbocycles. The molecule has 2 atom stereocenters. The van der Waals surface area contributed by atoms with Crippen LogP contribution in [0.25, 0.3) is 0 Å². The van der Waals surface area contributed by atoms with E-state index in [-0.39, 0.29) is 23.8 Å². The second-order valence-electron chi connectivity index (χ2n) is 7.16. The van der Waals surface area contributed by atoms with Crippen LogP contribution >= 0.6 is 15.9 Å². The van der Waals surface area contributed by atoms with Gasteiger partial charge in [-0.1, -0.05) is 12.3 Å². The lowest BCUT2D eigenvalue weighted by Crippen LogP contribution is -2.54. The summed E-state index contributed by atoms with van der Waals surface area (Å²) in [4.78, 5) is 33.8. The average molecular weight is 433 g/mol. The third-order valence-electron chi connectivity index (χ3n) is 5.28. The quantitative estimate of drug-likeness (QED) is 0.742. The minimum absolute atomic E-state index is 0.0774. The molecular formula is C20H25BrN4O2. The Bertz CT molecular complexity index is 716. The second kappa shape index (κ2) is 9.34. The third kappa shape index (κ3) is 5.08. The number of hydrogen-bond acceptors (Lipinski definition) is 4. The van der Waals surface area contributed by atoms with E-state index in [0.29, 0.717) is 25.5 Å². The summed E-state index contributed by atoms with van der Waals surface area (Å²) >= 11 is 3.33. The van der Waals surface area contributed by atoms with Gasteiger partial charge in [0.05, 0.1) is 18.5 Å². The Morgan fingerprint density at radius 1 is 1.26 bits per heavy atom. The minimum Gasteiger partial charge on any atom is -0.341 e. The van der Waals surface area contributed by atoms with Gasteiger partial charge in [0.15, 0.2) is 0 Å². The highest BCUT2D eigenvalue weighted by atomic mass is 79.9. The van der Waals surface area contributed by atoms with Crippen LogP contribution in [0.1, 0.15) is 32.1 Å². The van der Waals surface area contributed by atoms with Crippen molar-refractivity contribution in [1.82, 2.24) is 14.8 Å². The first-order chi connectivity index (χ1) is 13.1. The monoisotopic (exact) mass is 432 g/mol. The first-order valence-electron chi connectivity index (χ1n) is 9.47. The highest BCUT2D eigenvalue weighted by Gasteiger charge is 2.35. The van der Waals surface area contributed by atoms with E-state index in [0.717, 1.165) is 43.1 Å². The number of anilines is 1. The van der Waals surface area contributed by atoms with Crippen molar-refractivity contribution in [3.8, 4) is 12.3 Å². The molecule has 3 rings (SSSR count). The first-order valence-corrected chi connectivity index (χ1v) is 10.3. The van der Waals surface area contributed by atoms with E-state index in [1.54, 1.807) is 12.3 Å². The van der Waals surface area contributed by atoms with Crippen molar-refractivity contribution in [2.45, 2.75) is 38.1 Å². The number of carbonyl (C=O) groups is 2. The number of terminal acetylenes is 1. The summed E-state index contributed by atoms with van der Waals surface area (Å²) in [5.41, 5.74) is 0. The van der Waals surface area contributed by atoms with E-state index in [4.69, 9.17) is 6.42 Å². The topological polar surface area (TPSA) is 65.5 Å². The molecule has 2 aliphatic rings. The molecule has 3 heterocycles. The van der Waals surface area contributed by atoms with Gasteiger partial charge in [-0.05, 0) is 60.3 Å². The van der Waals surface area contributed by atoms with Crippen molar-refractivity contribution in [1.29, 1.82) is 0 Å². The molecule has 144 valence electrons. The van der Waals surface area contributed by atoms with Gasteiger partial charge in [0.1, 0.15) is 5.82 Å². The fraction of sp³-hybridized carbons (Fsp3) is 0.550. The van der Waals surface area contributed by atoms with Crippen LogP contribution in [0.5, 0.6) is 0 Å². The van der Waals surface area contributed by atoms with E-state index < -0.39 is 0 Å². The molecule has 27 heavy (non-hydrogen) atoms. The lowest BCUT2D eigenvalue weighted by molar-refractivity contribution is -0.140. The average Bonchev–Trinajstić information content (AvgIpc) is 2.70. The SMILES string of the molecule is C#CCN1CCCCC1C(=O)N1CCCC(C(=O)Nc2ccc(Br)cn2)C1. The zero-order valence-corrected chi connectivity index (χ0v) is 17.0. The number of nitrogens with one attached hydrogen (secondary N) is 1. The normalized spacial score (nSPS) is 23.5. The Morgan fingerprint density at radius 3 is 2.85 bits per heavy atom. The van der Waals surface area contributed by atoms with Gasteiger partial charge in [-0.15, -0.1) is 6.42 Å². The van der Waals surface area contributed by atoms with Gasteiger partial charge in [-0.3, -0.25) is 14.5 Å². The number of nitrogens with zero attached hydrogens (tertiary/aromatic N) is 3. The van der Waals surface area contributed by atoms with Crippen LogP contribution in [0.15, 0.2) is 22.8 Å². The molecule has 0 bridgehead atoms. The summed E-state index contributed by atoms with van der Waals surface area (Å²) in [5, 5.41) is 2.86. The van der Waals surface area contributed by atoms with Crippen LogP contribution in [-0.4, -0.2) is 58.8 Å². The molecule has 0 radical (unpaired) electrons. The van der Waals surface area contributed by atoms with E-state index in [2.05, 4.69) is 37.1 Å². The van der Waals surface area contributed by atoms with Crippen molar-refractivity contribution in [2.24, 2.45) is 5.92 Å². The summed E-state index contributed by atoms with van der Waals surface area (Å²) in [6, 6.07) is 3.44. The molecule has 2 unspecified atom stereocenters. The van der Waals surface area contributed by atoms with Crippen LogP contribution in [0.3, 0.4) is 0 Å². The van der Waals surface area contributed by atoms with Crippen LogP contribution in [0, 0.1) is 18.3 Å². The Balaban J connectivity index is 1.61. The molecule has 6 nitrogen and oxygen atoms in total. The summed E-state index contributed by atoms with van der Waals surface area (Å²) in [6.45, 7) is 2.54. The number of pyridine rings is 1. The number of aromatic nitrogens is 1. The maximum Gasteiger partial charge on any atom is 0.239 e. The Hall–Kier alpha value is -1.91. The van der Waals surface area contributed by atoms with Gasteiger partial charge >= 0.3 is 0 Å². The molecular weight excluding hydrogens is 408 g/mol. The lowest BCUT2D eigenvalue weighted by Gasteiger charge is -2.39. The van der Waals surface area contributed by atoms with Crippen LogP contribution < -0.4 is 5.32 Å². The fourth-order valence-electron chi connectivity index (χ4n) is 3.86. The Kier molecular flexibility index (Phi) is 6.86. The van der Waals surface area contributed by atoms with E-state index >= 15 is 0 Å². The maximum absolute atomic E-state index is 13.1. The number of likely N-dealkylation sites (tertiary alicyclic amines) is 2. The van der Waals surface area contributed by atoms with Gasteiger partial charge in [-0.2, -0.15) is 0 Å². The van der Waals surface area contributed by atoms with Gasteiger partial charge in [0.2, 0.25) is 11.8 Å². The van der Waals surface area contributed by atoms with E-state index in [1.807, 2.05) is 11.0 Å². The highest BCUT2D eigenvalue weighted by Crippen LogP contribution is 2.23. The molecule has 1 aromatic heterocycles. The minimum atomic E-state index is -0.210. The smallest absolute Gasteiger partial charge is 0.239 e. The largest absolute Gasteiger partial charge is 0.341 e. The molecule has 0 spiro atoms. The Labute approximate surface area is 168 Å². The van der Waals surface area contributed by atoms with Gasteiger partial charge in [0.25, 0.3) is 0 Å². The molecule has 2 aliphatic heterocycles. The fourth-order valence-corrected chi connectivity index (χ4v) is 4.09. The summed E-state index contributed by atoms with van der Waals surface area (Å²) in [7, 11) is 0. The third-order valence-corrected chi connectivity index (χ3v) is 5.74. The van der Waals surface area contributed by atoms with Crippen LogP contribution in [-0.2, 0) is 9.59 Å². The van der Waals surface area contributed by atoms with E-state index in [9.17, 15) is 9.59 Å². The maximum atomic E-state index is 13.1. The lowest BCUT2D eigenvalue weighted by atomic mass is 9.94. The standard InChI is InChI=1S/C20H25BrN4O2/c1-2-10-24-11-4-3-7-17(24)20(27)25-12-5-6-15(14-25)19(26)23-18-9-8-16(21)13-22-18/h1,8-9,13,15,17H,3-7,10-12,14H2,(H,22,23,26). The van der Waals surface area contributed by atoms with Gasteiger partial charge in [0, 0.05) is 23.8 Å². The zero-order chi connectivity index (χ0) is 19.2. The number of carbonyl (C=O) groups excluding carboxylic acids is 2. The second-order valence-corrected chi connectivity index (χ2v) is 8.08. The molecule has 7 heteroatoms. The highest BCUT2D eigenvalue weighted by molar-refractivity contribution is 9.10. The van der Waals surface area contributed by atoms with Crippen LogP contribution in [0.2, 0.25) is 0 Å². The number of amides is 2. The number of halogens is 1. The van der Waals surface area contributed by atoms with Gasteiger partial charge < -0.3 is 10.2 Å². The predicted octanol–water partition coefficient (Wildman–Crippen LogP) is 2.51. The summed E-state index contributed by atoms with van der Waals surface area (Å²) in [5.74, 6) is 3.02. The number of rotatable bonds is 4. The summed E-state index contributed by atoms with van der Waals surface area (Å²) < 4.78 is 0.860. The van der Waals surface area contributed by atoms with Crippen molar-refractivity contribution in [3.63, 3.8) is 0 Å². The summed E-state index contributed by atoms with van der Waals surface area (Å²) in [6.07, 6.45) is 11.7. The van der Waals surface area contributed by atoms with Crippen molar-refractivity contribution in [2.75, 3.05) is 31.5 Å². The molecule has 0 saturated carbocycles. The predicted molar refractivity (Wildman–Crippen MR) is 108 cm³/mol. The van der Waals surface area contributed by atoms with Crippen molar-refractivity contribution >= 4 is 33.6 Å². The molecule has 1 aromatic rings. The molecule has 1 N–H and O–H groups in total. The first kappa shape index (κ1) is 19.8. The molecule has 2 fully saturated rings. The number of hydrogen-bond donors (Lipinski definition) is 1. The zero-order valence-electron chi connectivity index (χ0n) is 15.4. The molecule has 2 saturated heterocycles. The molecule has 2 amide bonds. The van der Waals surface area contributed by atoms with Crippen molar-refractivity contribution < 1.29 is 9.59 Å². The molecule has 0 aromatic carbocycles. The van der Waals surface area contributed by atoms with Crippen molar-refractivity contribution in [3.05, 3.63) is 22.8 Å².